The number of ether oxygens (including phenoxy) is 1. The minimum atomic E-state index is -1.18. The molecule has 0 aliphatic heterocycles. The van der Waals surface area contributed by atoms with Crippen LogP contribution in [0.1, 0.15) is 36.2 Å². The molecule has 0 saturated heterocycles. The Morgan fingerprint density at radius 1 is 1.06 bits per heavy atom. The third-order valence-electron chi connectivity index (χ3n) is 7.54. The number of benzene rings is 2. The normalized spacial score (nSPS) is 12.2. The average Bonchev–Trinajstić information content (AvgIpc) is 3.54. The van der Waals surface area contributed by atoms with E-state index in [4.69, 9.17) is 21.9 Å². The number of aliphatic imine (C=N–C) groups is 1. The molecule has 0 radical (unpaired) electrons. The van der Waals surface area contributed by atoms with E-state index < -0.39 is 23.7 Å². The van der Waals surface area contributed by atoms with Crippen molar-refractivity contribution in [3.05, 3.63) is 90.3 Å². The zero-order valence-corrected chi connectivity index (χ0v) is 27.2. The van der Waals surface area contributed by atoms with Gasteiger partial charge >= 0.3 is 0 Å². The van der Waals surface area contributed by atoms with Crippen LogP contribution in [-0.2, 0) is 11.2 Å². The van der Waals surface area contributed by atoms with Crippen LogP contribution in [0.5, 0.6) is 11.6 Å². The minimum absolute atomic E-state index is 0.0368. The number of fused-ring (bicyclic) bond motifs is 1. The lowest BCUT2D eigenvalue weighted by Crippen LogP contribution is -2.47. The molecule has 5 aromatic rings. The number of nitrogens with one attached hydrogen (secondary N) is 3. The molecule has 3 aromatic heterocycles. The number of nitrogens with two attached hydrogens (primary N) is 3. The first-order chi connectivity index (χ1) is 24.0. The summed E-state index contributed by atoms with van der Waals surface area (Å²) in [4.78, 5) is 45.7. The molecular formula is C33H36F2N12O3. The van der Waals surface area contributed by atoms with Crippen molar-refractivity contribution in [3.8, 4) is 22.9 Å². The molecule has 0 spiro atoms. The summed E-state index contributed by atoms with van der Waals surface area (Å²) in [5.74, 6) is -2.98. The number of hydrogen-bond acceptors (Lipinski definition) is 10. The van der Waals surface area contributed by atoms with Crippen LogP contribution in [0.2, 0.25) is 0 Å². The van der Waals surface area contributed by atoms with E-state index in [0.29, 0.717) is 29.1 Å². The predicted molar refractivity (Wildman–Crippen MR) is 183 cm³/mol. The number of imidazole rings is 1. The quantitative estimate of drug-likeness (QED) is 0.0735. The van der Waals surface area contributed by atoms with E-state index >= 15 is 8.78 Å². The van der Waals surface area contributed by atoms with Gasteiger partial charge in [-0.3, -0.25) is 19.0 Å². The standard InChI is InChI=1S/C33H36F2N12O3/c1-3-19-14-20(4-5-21(19)31(48)45-18(2)15-43-32(49)23(36)8-11-41-33(37)38)46-29-30-42-16-24(47(30)13-12-40-29)22-6-7-25(28(35)27(22)34)50-26-9-10-39-17-44-26/h4-7,9-10,12-14,16-18,23H,3,8,11,15,36H2,1-2H3,(H,40,46)(H,43,49)(H,45,48)(H4,37,38,41)/t18-,23+/m0/s1. The predicted octanol–water partition coefficient (Wildman–Crippen LogP) is 2.79. The second-order valence-electron chi connectivity index (χ2n) is 11.2. The van der Waals surface area contributed by atoms with Crippen molar-refractivity contribution in [3.63, 3.8) is 0 Å². The van der Waals surface area contributed by atoms with Crippen molar-refractivity contribution in [2.75, 3.05) is 18.4 Å². The number of carbonyl (C=O) groups is 2. The number of anilines is 2. The van der Waals surface area contributed by atoms with Gasteiger partial charge in [0.2, 0.25) is 17.6 Å². The maximum absolute atomic E-state index is 15.3. The molecule has 50 heavy (non-hydrogen) atoms. The van der Waals surface area contributed by atoms with E-state index in [1.54, 1.807) is 29.7 Å². The first-order valence-corrected chi connectivity index (χ1v) is 15.6. The summed E-state index contributed by atoms with van der Waals surface area (Å²) >= 11 is 0. The fourth-order valence-electron chi connectivity index (χ4n) is 4.99. The number of nitrogens with zero attached hydrogens (tertiary/aromatic N) is 6. The number of hydrogen-bond donors (Lipinski definition) is 6. The molecule has 0 aliphatic carbocycles. The Morgan fingerprint density at radius 3 is 2.62 bits per heavy atom. The third kappa shape index (κ3) is 8.24. The van der Waals surface area contributed by atoms with Gasteiger partial charge in [0.1, 0.15) is 6.33 Å². The molecule has 0 unspecified atom stereocenters. The lowest BCUT2D eigenvalue weighted by Gasteiger charge is -2.18. The van der Waals surface area contributed by atoms with Gasteiger partial charge in [0, 0.05) is 60.6 Å². The maximum Gasteiger partial charge on any atom is 0.251 e. The Balaban J connectivity index is 1.26. The van der Waals surface area contributed by atoms with Crippen LogP contribution in [0.4, 0.5) is 20.3 Å². The molecule has 3 heterocycles. The first-order valence-electron chi connectivity index (χ1n) is 15.6. The Kier molecular flexibility index (Phi) is 11.1. The smallest absolute Gasteiger partial charge is 0.251 e. The number of carbonyl (C=O) groups excluding carboxylic acids is 2. The van der Waals surface area contributed by atoms with Crippen LogP contribution in [0, 0.1) is 11.6 Å². The maximum atomic E-state index is 15.3. The van der Waals surface area contributed by atoms with Crippen molar-refractivity contribution in [1.82, 2.24) is 35.0 Å². The SMILES string of the molecule is CCc1cc(Nc2nccn3c(-c4ccc(Oc5ccncn5)c(F)c4F)cnc23)ccc1C(=O)N[C@@H](C)CNC(=O)[C@H](N)CCN=C(N)N. The molecule has 260 valence electrons. The molecule has 15 nitrogen and oxygen atoms in total. The van der Waals surface area contributed by atoms with Gasteiger partial charge in [-0.05, 0) is 55.7 Å². The largest absolute Gasteiger partial charge is 0.436 e. The van der Waals surface area contributed by atoms with Gasteiger partial charge in [0.25, 0.3) is 5.91 Å². The lowest BCUT2D eigenvalue weighted by molar-refractivity contribution is -0.122. The summed E-state index contributed by atoms with van der Waals surface area (Å²) < 4.78 is 37.3. The van der Waals surface area contributed by atoms with E-state index in [9.17, 15) is 9.59 Å². The Bertz CT molecular complexity index is 2020. The second kappa shape index (κ2) is 15.8. The topological polar surface area (TPSA) is 226 Å². The van der Waals surface area contributed by atoms with E-state index in [1.807, 2.05) is 13.0 Å². The van der Waals surface area contributed by atoms with E-state index in [-0.39, 0.29) is 60.2 Å². The highest BCUT2D eigenvalue weighted by Crippen LogP contribution is 2.33. The molecule has 2 amide bonds. The first kappa shape index (κ1) is 35.1. The highest BCUT2D eigenvalue weighted by atomic mass is 19.2. The van der Waals surface area contributed by atoms with Gasteiger partial charge in [0.15, 0.2) is 29.0 Å². The summed E-state index contributed by atoms with van der Waals surface area (Å²) in [5.41, 5.74) is 18.9. The Morgan fingerprint density at radius 2 is 1.88 bits per heavy atom. The summed E-state index contributed by atoms with van der Waals surface area (Å²) in [6, 6.07) is 8.16. The highest BCUT2D eigenvalue weighted by molar-refractivity contribution is 5.96. The van der Waals surface area contributed by atoms with Crippen LogP contribution in [0.3, 0.4) is 0 Å². The van der Waals surface area contributed by atoms with Gasteiger partial charge in [-0.2, -0.15) is 4.39 Å². The number of aryl methyl sites for hydroxylation is 1. The van der Waals surface area contributed by atoms with Crippen molar-refractivity contribution in [1.29, 1.82) is 0 Å². The highest BCUT2D eigenvalue weighted by Gasteiger charge is 2.21. The van der Waals surface area contributed by atoms with Crippen molar-refractivity contribution >= 4 is 34.9 Å². The van der Waals surface area contributed by atoms with Crippen LogP contribution >= 0.6 is 0 Å². The van der Waals surface area contributed by atoms with Gasteiger partial charge in [0.05, 0.1) is 17.9 Å². The third-order valence-corrected chi connectivity index (χ3v) is 7.54. The molecule has 9 N–H and O–H groups in total. The van der Waals surface area contributed by atoms with Gasteiger partial charge in [-0.15, -0.1) is 0 Å². The monoisotopic (exact) mass is 686 g/mol. The number of halogens is 2. The summed E-state index contributed by atoms with van der Waals surface area (Å²) in [6.07, 6.45) is 7.97. The molecule has 0 bridgehead atoms. The second-order valence-corrected chi connectivity index (χ2v) is 11.2. The number of rotatable bonds is 14. The molecule has 0 saturated carbocycles. The van der Waals surface area contributed by atoms with E-state index in [0.717, 1.165) is 5.56 Å². The van der Waals surface area contributed by atoms with Gasteiger partial charge < -0.3 is 37.9 Å². The summed E-state index contributed by atoms with van der Waals surface area (Å²) in [5, 5.41) is 8.83. The van der Waals surface area contributed by atoms with Crippen molar-refractivity contribution in [2.45, 2.75) is 38.8 Å². The lowest BCUT2D eigenvalue weighted by atomic mass is 10.0. The van der Waals surface area contributed by atoms with Crippen molar-refractivity contribution in [2.24, 2.45) is 22.2 Å². The van der Waals surface area contributed by atoms with E-state index in [2.05, 4.69) is 40.9 Å². The zero-order chi connectivity index (χ0) is 35.8. The average molecular weight is 687 g/mol. The minimum Gasteiger partial charge on any atom is -0.436 e. The van der Waals surface area contributed by atoms with E-state index in [1.165, 1.54) is 43.1 Å². The van der Waals surface area contributed by atoms with Gasteiger partial charge in [-0.1, -0.05) is 6.92 Å². The number of guanidine groups is 1. The van der Waals surface area contributed by atoms with Crippen molar-refractivity contribution < 1.29 is 23.1 Å². The molecule has 5 rings (SSSR count). The molecule has 2 aromatic carbocycles. The van der Waals surface area contributed by atoms with Crippen LogP contribution < -0.4 is 37.9 Å². The fourth-order valence-corrected chi connectivity index (χ4v) is 4.99. The molecular weight excluding hydrogens is 650 g/mol. The molecule has 0 aliphatic rings. The molecule has 0 fully saturated rings. The van der Waals surface area contributed by atoms with Gasteiger partial charge in [-0.25, -0.2) is 24.3 Å². The van der Waals surface area contributed by atoms with Crippen LogP contribution in [0.15, 0.2) is 72.5 Å². The Hall–Kier alpha value is -6.23. The summed E-state index contributed by atoms with van der Waals surface area (Å²) in [7, 11) is 0. The molecule has 2 atom stereocenters. The zero-order valence-electron chi connectivity index (χ0n) is 27.2. The molecule has 17 heteroatoms. The van der Waals surface area contributed by atoms with Crippen LogP contribution in [0.25, 0.3) is 16.9 Å². The summed E-state index contributed by atoms with van der Waals surface area (Å²) in [6.45, 7) is 4.07. The number of amides is 2. The van der Waals surface area contributed by atoms with Crippen LogP contribution in [-0.4, -0.2) is 67.3 Å². The fraction of sp³-hybridized carbons (Fsp3) is 0.242. The Labute approximate surface area is 285 Å². The number of aromatic nitrogens is 5.